The molecule has 0 aromatic heterocycles. The van der Waals surface area contributed by atoms with E-state index < -0.39 is 0 Å². The highest BCUT2D eigenvalue weighted by atomic mass is 16.1. The number of carbonyl (C=O) groups is 1. The fraction of sp³-hybridized carbons (Fsp3) is 0.615. The largest absolute Gasteiger partial charge is 0.295 e. The van der Waals surface area contributed by atoms with Crippen LogP contribution in [-0.2, 0) is 4.79 Å². The van der Waals surface area contributed by atoms with Crippen molar-refractivity contribution < 1.29 is 4.79 Å². The Kier molecular flexibility index (Phi) is 5.07. The highest BCUT2D eigenvalue weighted by Gasteiger charge is 2.05. The average molecular weight is 190 g/mol. The maximum Gasteiger partial charge on any atom is 0.156 e. The lowest BCUT2D eigenvalue weighted by molar-refractivity contribution is -0.114. The summed E-state index contributed by atoms with van der Waals surface area (Å²) in [6.07, 6.45) is 8.88. The molecule has 0 aromatic rings. The molecule has 0 bridgehead atoms. The van der Waals surface area contributed by atoms with Crippen molar-refractivity contribution in [2.24, 2.45) is 0 Å². The number of rotatable bonds is 2. The number of carbonyl (C=O) groups excluding carboxylic acids is 1. The van der Waals surface area contributed by atoms with E-state index in [0.717, 1.165) is 37.7 Å². The lowest BCUT2D eigenvalue weighted by atomic mass is 10.1. The molecule has 1 heteroatoms. The third-order valence-corrected chi connectivity index (χ3v) is 2.36. The molecule has 76 valence electrons. The lowest BCUT2D eigenvalue weighted by Crippen LogP contribution is -1.89. The van der Waals surface area contributed by atoms with Crippen LogP contribution in [0.25, 0.3) is 0 Å². The van der Waals surface area contributed by atoms with E-state index >= 15 is 0 Å². The highest BCUT2D eigenvalue weighted by Crippen LogP contribution is 2.14. The van der Waals surface area contributed by atoms with Gasteiger partial charge in [-0.2, -0.15) is 0 Å². The van der Waals surface area contributed by atoms with Gasteiger partial charge in [0.15, 0.2) is 5.78 Å². The maximum atomic E-state index is 11.2. The molecule has 0 radical (unpaired) electrons. The van der Waals surface area contributed by atoms with Crippen LogP contribution < -0.4 is 0 Å². The quantitative estimate of drug-likeness (QED) is 0.482. The predicted molar refractivity (Wildman–Crippen MR) is 58.9 cm³/mol. The van der Waals surface area contributed by atoms with Crippen molar-refractivity contribution in [1.29, 1.82) is 0 Å². The SMILES string of the molecule is CCCCC#CC1=CC(=O)CCCC1. The zero-order valence-electron chi connectivity index (χ0n) is 8.94. The first kappa shape index (κ1) is 11.0. The first-order valence-corrected chi connectivity index (χ1v) is 5.55. The molecule has 0 heterocycles. The van der Waals surface area contributed by atoms with Gasteiger partial charge < -0.3 is 0 Å². The van der Waals surface area contributed by atoms with E-state index in [9.17, 15) is 4.79 Å². The average Bonchev–Trinajstić information content (AvgIpc) is 2.38. The molecule has 0 aromatic carbocycles. The first-order chi connectivity index (χ1) is 6.83. The molecule has 1 rings (SSSR count). The van der Waals surface area contributed by atoms with E-state index in [4.69, 9.17) is 0 Å². The van der Waals surface area contributed by atoms with Crippen molar-refractivity contribution in [2.75, 3.05) is 0 Å². The van der Waals surface area contributed by atoms with Gasteiger partial charge >= 0.3 is 0 Å². The Bertz CT molecular complexity index is 275. The third-order valence-electron chi connectivity index (χ3n) is 2.36. The van der Waals surface area contributed by atoms with E-state index in [1.807, 2.05) is 0 Å². The lowest BCUT2D eigenvalue weighted by Gasteiger charge is -1.92. The Morgan fingerprint density at radius 2 is 2.14 bits per heavy atom. The Morgan fingerprint density at radius 3 is 2.93 bits per heavy atom. The van der Waals surface area contributed by atoms with Crippen LogP contribution in [0.3, 0.4) is 0 Å². The Labute approximate surface area is 86.6 Å². The summed E-state index contributed by atoms with van der Waals surface area (Å²) in [4.78, 5) is 11.2. The second-order valence-electron chi connectivity index (χ2n) is 3.75. The molecule has 0 N–H and O–H groups in total. The van der Waals surface area contributed by atoms with Gasteiger partial charge in [0.2, 0.25) is 0 Å². The molecule has 0 saturated carbocycles. The van der Waals surface area contributed by atoms with E-state index in [2.05, 4.69) is 18.8 Å². The molecule has 1 aliphatic rings. The van der Waals surface area contributed by atoms with Crippen LogP contribution in [0, 0.1) is 11.8 Å². The second-order valence-corrected chi connectivity index (χ2v) is 3.75. The van der Waals surface area contributed by atoms with Crippen molar-refractivity contribution in [1.82, 2.24) is 0 Å². The summed E-state index contributed by atoms with van der Waals surface area (Å²) < 4.78 is 0. The zero-order chi connectivity index (χ0) is 10.2. The number of hydrogen-bond acceptors (Lipinski definition) is 1. The summed E-state index contributed by atoms with van der Waals surface area (Å²) in [5, 5.41) is 0. The summed E-state index contributed by atoms with van der Waals surface area (Å²) in [6.45, 7) is 2.16. The molecule has 0 atom stereocenters. The number of allylic oxidation sites excluding steroid dienone is 2. The zero-order valence-corrected chi connectivity index (χ0v) is 8.94. The molecule has 1 nitrogen and oxygen atoms in total. The van der Waals surface area contributed by atoms with E-state index in [1.54, 1.807) is 6.08 Å². The van der Waals surface area contributed by atoms with Crippen LogP contribution in [0.15, 0.2) is 11.6 Å². The van der Waals surface area contributed by atoms with Gasteiger partial charge in [-0.05, 0) is 31.8 Å². The van der Waals surface area contributed by atoms with Gasteiger partial charge in [0.25, 0.3) is 0 Å². The van der Waals surface area contributed by atoms with E-state index in [1.165, 1.54) is 6.42 Å². The van der Waals surface area contributed by atoms with Gasteiger partial charge in [0.05, 0.1) is 0 Å². The van der Waals surface area contributed by atoms with Crippen molar-refractivity contribution in [2.45, 2.75) is 51.9 Å². The van der Waals surface area contributed by atoms with Crippen molar-refractivity contribution in [3.63, 3.8) is 0 Å². The molecule has 14 heavy (non-hydrogen) atoms. The second kappa shape index (κ2) is 6.43. The van der Waals surface area contributed by atoms with Gasteiger partial charge in [-0.25, -0.2) is 0 Å². The standard InChI is InChI=1S/C13H18O/c1-2-3-4-5-8-12-9-6-7-10-13(14)11-12/h11H,2-4,6-7,9-10H2,1H3. The monoisotopic (exact) mass is 190 g/mol. The van der Waals surface area contributed by atoms with Gasteiger partial charge in [-0.3, -0.25) is 4.79 Å². The minimum absolute atomic E-state index is 0.252. The van der Waals surface area contributed by atoms with Gasteiger partial charge in [-0.1, -0.05) is 25.2 Å². The van der Waals surface area contributed by atoms with Gasteiger partial charge in [-0.15, -0.1) is 0 Å². The normalized spacial score (nSPS) is 16.6. The van der Waals surface area contributed by atoms with Crippen molar-refractivity contribution >= 4 is 5.78 Å². The van der Waals surface area contributed by atoms with Crippen LogP contribution in [-0.4, -0.2) is 5.78 Å². The fourth-order valence-electron chi connectivity index (χ4n) is 1.49. The summed E-state index contributed by atoms with van der Waals surface area (Å²) in [5.74, 6) is 6.50. The Balaban J connectivity index is 2.47. The molecule has 0 saturated heterocycles. The third kappa shape index (κ3) is 4.28. The van der Waals surface area contributed by atoms with Crippen LogP contribution in [0.4, 0.5) is 0 Å². The molecular weight excluding hydrogens is 172 g/mol. The van der Waals surface area contributed by atoms with E-state index in [0.29, 0.717) is 6.42 Å². The molecule has 0 amide bonds. The predicted octanol–water partition coefficient (Wildman–Crippen LogP) is 3.25. The number of hydrogen-bond donors (Lipinski definition) is 0. The van der Waals surface area contributed by atoms with E-state index in [-0.39, 0.29) is 5.78 Å². The van der Waals surface area contributed by atoms with Crippen molar-refractivity contribution in [3.8, 4) is 11.8 Å². The maximum absolute atomic E-state index is 11.2. The summed E-state index contributed by atoms with van der Waals surface area (Å²) in [6, 6.07) is 0. The fourth-order valence-corrected chi connectivity index (χ4v) is 1.49. The molecule has 0 unspecified atom stereocenters. The van der Waals surface area contributed by atoms with Gasteiger partial charge in [0.1, 0.15) is 0 Å². The van der Waals surface area contributed by atoms with Crippen LogP contribution in [0.2, 0.25) is 0 Å². The van der Waals surface area contributed by atoms with Crippen LogP contribution in [0.5, 0.6) is 0 Å². The summed E-state index contributed by atoms with van der Waals surface area (Å²) in [7, 11) is 0. The molecule has 0 fully saturated rings. The molecular formula is C13H18O. The Morgan fingerprint density at radius 1 is 1.36 bits per heavy atom. The summed E-state index contributed by atoms with van der Waals surface area (Å²) >= 11 is 0. The molecule has 0 spiro atoms. The molecule has 1 aliphatic carbocycles. The highest BCUT2D eigenvalue weighted by molar-refractivity contribution is 5.91. The van der Waals surface area contributed by atoms with Crippen LogP contribution >= 0.6 is 0 Å². The van der Waals surface area contributed by atoms with Crippen LogP contribution in [0.1, 0.15) is 51.9 Å². The van der Waals surface area contributed by atoms with Crippen molar-refractivity contribution in [3.05, 3.63) is 11.6 Å². The molecule has 0 aliphatic heterocycles. The minimum Gasteiger partial charge on any atom is -0.295 e. The topological polar surface area (TPSA) is 17.1 Å². The number of unbranched alkanes of at least 4 members (excludes halogenated alkanes) is 2. The minimum atomic E-state index is 0.252. The first-order valence-electron chi connectivity index (χ1n) is 5.55. The Hall–Kier alpha value is -1.03. The smallest absolute Gasteiger partial charge is 0.156 e. The number of ketones is 1. The van der Waals surface area contributed by atoms with Gasteiger partial charge in [0, 0.05) is 18.4 Å². The summed E-state index contributed by atoms with van der Waals surface area (Å²) in [5.41, 5.74) is 1.05.